The van der Waals surface area contributed by atoms with E-state index in [0.717, 1.165) is 11.4 Å². The van der Waals surface area contributed by atoms with Crippen molar-refractivity contribution in [2.75, 3.05) is 7.05 Å². The first-order chi connectivity index (χ1) is 7.91. The lowest BCUT2D eigenvalue weighted by Crippen LogP contribution is -2.21. The molecule has 17 heavy (non-hydrogen) atoms. The number of hydrogen-bond acceptors (Lipinski definition) is 4. The molecule has 92 valence electrons. The van der Waals surface area contributed by atoms with E-state index in [0.29, 0.717) is 11.3 Å². The maximum Gasteiger partial charge on any atom is 0.217 e. The molecule has 6 nitrogen and oxygen atoms in total. The summed E-state index contributed by atoms with van der Waals surface area (Å²) in [4.78, 5) is 8.53. The fourth-order valence-electron chi connectivity index (χ4n) is 1.67. The first-order valence-corrected chi connectivity index (χ1v) is 6.79. The highest BCUT2D eigenvalue weighted by Crippen LogP contribution is 2.12. The molecule has 2 aromatic heterocycles. The lowest BCUT2D eigenvalue weighted by Gasteiger charge is -2.05. The second-order valence-corrected chi connectivity index (χ2v) is 5.83. The Hall–Kier alpha value is -1.47. The smallest absolute Gasteiger partial charge is 0.217 e. The Morgan fingerprint density at radius 2 is 1.82 bits per heavy atom. The molecule has 0 aliphatic carbocycles. The number of fused-ring (bicyclic) bond motifs is 1. The minimum absolute atomic E-state index is 0.162. The maximum absolute atomic E-state index is 11.5. The second-order valence-electron chi connectivity index (χ2n) is 3.91. The topological polar surface area (TPSA) is 76.4 Å². The van der Waals surface area contributed by atoms with Gasteiger partial charge in [-0.15, -0.1) is 0 Å². The number of imidazole rings is 1. The van der Waals surface area contributed by atoms with Crippen LogP contribution in [0.25, 0.3) is 5.65 Å². The molecule has 0 aromatic carbocycles. The van der Waals surface area contributed by atoms with Crippen molar-refractivity contribution >= 4 is 15.7 Å². The molecule has 2 heterocycles. The number of hydrogen-bond donors (Lipinski definition) is 1. The van der Waals surface area contributed by atoms with E-state index in [1.165, 1.54) is 7.05 Å². The Balaban J connectivity index is 2.60. The van der Waals surface area contributed by atoms with Crippen molar-refractivity contribution in [3.63, 3.8) is 0 Å². The molecule has 0 aliphatic rings. The molecule has 2 aromatic rings. The van der Waals surface area contributed by atoms with Crippen molar-refractivity contribution in [1.29, 1.82) is 0 Å². The van der Waals surface area contributed by atoms with E-state index in [4.69, 9.17) is 0 Å². The third-order valence-electron chi connectivity index (χ3n) is 2.39. The summed E-state index contributed by atoms with van der Waals surface area (Å²) in [5.41, 5.74) is 2.65. The standard InChI is InChI=1S/C10H14N4O2S/c1-7-4-14-5-8(2)13-10(14)9(12-7)6-17(15,16)11-3/h4-5,11H,6H2,1-3H3. The molecule has 2 rings (SSSR count). The fourth-order valence-corrected chi connectivity index (χ4v) is 2.37. The third-order valence-corrected chi connectivity index (χ3v) is 3.66. The summed E-state index contributed by atoms with van der Waals surface area (Å²) >= 11 is 0. The van der Waals surface area contributed by atoms with Gasteiger partial charge in [-0.25, -0.2) is 18.1 Å². The van der Waals surface area contributed by atoms with Gasteiger partial charge in [0.05, 0.1) is 11.4 Å². The first kappa shape index (κ1) is 12.0. The quantitative estimate of drug-likeness (QED) is 0.860. The molecule has 0 unspecified atom stereocenters. The molecular weight excluding hydrogens is 240 g/mol. The van der Waals surface area contributed by atoms with Gasteiger partial charge in [0, 0.05) is 12.4 Å². The van der Waals surface area contributed by atoms with Gasteiger partial charge in [-0.2, -0.15) is 0 Å². The average Bonchev–Trinajstić information content (AvgIpc) is 2.58. The summed E-state index contributed by atoms with van der Waals surface area (Å²) in [7, 11) is -1.95. The Morgan fingerprint density at radius 3 is 2.41 bits per heavy atom. The number of nitrogens with zero attached hydrogens (tertiary/aromatic N) is 3. The summed E-state index contributed by atoms with van der Waals surface area (Å²) in [6.07, 6.45) is 3.67. The number of aryl methyl sites for hydroxylation is 2. The van der Waals surface area contributed by atoms with Crippen LogP contribution in [0.4, 0.5) is 0 Å². The molecule has 0 fully saturated rings. The third kappa shape index (κ3) is 2.45. The molecule has 0 saturated carbocycles. The minimum atomic E-state index is -3.34. The van der Waals surface area contributed by atoms with Gasteiger partial charge in [-0.1, -0.05) is 0 Å². The molecule has 0 spiro atoms. The predicted octanol–water partition coefficient (Wildman–Crippen LogP) is 0.395. The molecule has 1 N–H and O–H groups in total. The summed E-state index contributed by atoms with van der Waals surface area (Å²) in [6, 6.07) is 0. The molecule has 0 saturated heterocycles. The molecule has 0 atom stereocenters. The van der Waals surface area contributed by atoms with E-state index < -0.39 is 10.0 Å². The van der Waals surface area contributed by atoms with Crippen LogP contribution >= 0.6 is 0 Å². The Bertz CT molecular complexity index is 660. The molecule has 7 heteroatoms. The van der Waals surface area contributed by atoms with Crippen LogP contribution in [0.3, 0.4) is 0 Å². The molecule has 0 radical (unpaired) electrons. The van der Waals surface area contributed by atoms with Crippen LogP contribution in [-0.2, 0) is 15.8 Å². The predicted molar refractivity (Wildman–Crippen MR) is 64.1 cm³/mol. The van der Waals surface area contributed by atoms with Gasteiger partial charge in [0.15, 0.2) is 5.65 Å². The normalized spacial score (nSPS) is 12.2. The van der Waals surface area contributed by atoms with Crippen molar-refractivity contribution in [1.82, 2.24) is 19.1 Å². The van der Waals surface area contributed by atoms with Crippen LogP contribution in [0.15, 0.2) is 12.4 Å². The summed E-state index contributed by atoms with van der Waals surface area (Å²) in [5, 5.41) is 0. The highest BCUT2D eigenvalue weighted by Gasteiger charge is 2.15. The molecule has 0 aliphatic heterocycles. The fraction of sp³-hybridized carbons (Fsp3) is 0.400. The maximum atomic E-state index is 11.5. The Kier molecular flexibility index (Phi) is 2.88. The van der Waals surface area contributed by atoms with Crippen LogP contribution < -0.4 is 4.72 Å². The van der Waals surface area contributed by atoms with Gasteiger partial charge in [-0.05, 0) is 20.9 Å². The first-order valence-electron chi connectivity index (χ1n) is 5.14. The zero-order chi connectivity index (χ0) is 12.6. The van der Waals surface area contributed by atoms with Gasteiger partial charge in [0.2, 0.25) is 10.0 Å². The Morgan fingerprint density at radius 1 is 1.24 bits per heavy atom. The van der Waals surface area contributed by atoms with E-state index in [1.807, 2.05) is 26.2 Å². The summed E-state index contributed by atoms with van der Waals surface area (Å²) in [6.45, 7) is 3.68. The molecular formula is C10H14N4O2S. The molecule has 0 amide bonds. The zero-order valence-corrected chi connectivity index (χ0v) is 10.7. The number of nitrogens with one attached hydrogen (secondary N) is 1. The highest BCUT2D eigenvalue weighted by atomic mass is 32.2. The SMILES string of the molecule is CNS(=O)(=O)Cc1nc(C)cn2cc(C)nc12. The van der Waals surface area contributed by atoms with Crippen molar-refractivity contribution < 1.29 is 8.42 Å². The molecule has 0 bridgehead atoms. The van der Waals surface area contributed by atoms with Gasteiger partial charge in [0.25, 0.3) is 0 Å². The van der Waals surface area contributed by atoms with E-state index >= 15 is 0 Å². The zero-order valence-electron chi connectivity index (χ0n) is 9.93. The lowest BCUT2D eigenvalue weighted by atomic mass is 10.4. The summed E-state index contributed by atoms with van der Waals surface area (Å²) < 4.78 is 27.2. The van der Waals surface area contributed by atoms with E-state index in [2.05, 4.69) is 14.7 Å². The number of rotatable bonds is 3. The van der Waals surface area contributed by atoms with Crippen LogP contribution in [0, 0.1) is 13.8 Å². The Labute approximate surface area is 99.8 Å². The minimum Gasteiger partial charge on any atom is -0.303 e. The van der Waals surface area contributed by atoms with E-state index in [9.17, 15) is 8.42 Å². The van der Waals surface area contributed by atoms with Crippen molar-refractivity contribution in [3.8, 4) is 0 Å². The van der Waals surface area contributed by atoms with Gasteiger partial charge in [0.1, 0.15) is 11.4 Å². The number of sulfonamides is 1. The second kappa shape index (κ2) is 4.08. The largest absolute Gasteiger partial charge is 0.303 e. The van der Waals surface area contributed by atoms with Gasteiger partial charge in [-0.3, -0.25) is 4.98 Å². The van der Waals surface area contributed by atoms with E-state index in [1.54, 1.807) is 4.40 Å². The van der Waals surface area contributed by atoms with Gasteiger partial charge < -0.3 is 4.40 Å². The van der Waals surface area contributed by atoms with Crippen LogP contribution in [-0.4, -0.2) is 29.8 Å². The highest BCUT2D eigenvalue weighted by molar-refractivity contribution is 7.88. The van der Waals surface area contributed by atoms with Crippen LogP contribution in [0.5, 0.6) is 0 Å². The van der Waals surface area contributed by atoms with Gasteiger partial charge >= 0.3 is 0 Å². The van der Waals surface area contributed by atoms with Crippen molar-refractivity contribution in [3.05, 3.63) is 29.5 Å². The summed E-state index contributed by atoms with van der Waals surface area (Å²) in [5.74, 6) is -0.162. The van der Waals surface area contributed by atoms with E-state index in [-0.39, 0.29) is 5.75 Å². The van der Waals surface area contributed by atoms with Crippen molar-refractivity contribution in [2.45, 2.75) is 19.6 Å². The lowest BCUT2D eigenvalue weighted by molar-refractivity contribution is 0.586. The van der Waals surface area contributed by atoms with Crippen molar-refractivity contribution in [2.24, 2.45) is 0 Å². The van der Waals surface area contributed by atoms with Crippen LogP contribution in [0.2, 0.25) is 0 Å². The van der Waals surface area contributed by atoms with Crippen LogP contribution in [0.1, 0.15) is 17.1 Å². The monoisotopic (exact) mass is 254 g/mol. The average molecular weight is 254 g/mol. The number of aromatic nitrogens is 3.